The molecule has 2 heterocycles. The number of hydrogen-bond donors (Lipinski definition) is 1. The molecule has 3 aliphatic rings. The fourth-order valence-corrected chi connectivity index (χ4v) is 4.50. The fraction of sp³-hybridized carbons (Fsp3) is 0.944. The molecule has 0 aromatic carbocycles. The molecule has 0 aromatic rings. The first-order valence-corrected chi connectivity index (χ1v) is 9.32. The molecule has 4 heteroatoms. The molecule has 126 valence electrons. The van der Waals surface area contributed by atoms with E-state index in [1.165, 1.54) is 44.9 Å². The van der Waals surface area contributed by atoms with E-state index in [-0.39, 0.29) is 0 Å². The van der Waals surface area contributed by atoms with Crippen molar-refractivity contribution in [2.75, 3.05) is 39.4 Å². The van der Waals surface area contributed by atoms with Crippen LogP contribution in [0, 0.1) is 10.8 Å². The summed E-state index contributed by atoms with van der Waals surface area (Å²) in [7, 11) is 0. The monoisotopic (exact) mass is 307 g/mol. The van der Waals surface area contributed by atoms with Gasteiger partial charge in [0.2, 0.25) is 0 Å². The average Bonchev–Trinajstić information content (AvgIpc) is 3.27. The highest BCUT2D eigenvalue weighted by Gasteiger charge is 2.42. The number of hydrogen-bond acceptors (Lipinski definition) is 2. The number of guanidine groups is 1. The minimum atomic E-state index is 0.409. The van der Waals surface area contributed by atoms with Crippen LogP contribution in [-0.2, 0) is 4.74 Å². The number of rotatable bonds is 4. The summed E-state index contributed by atoms with van der Waals surface area (Å²) in [5.41, 5.74) is 0.889. The first-order chi connectivity index (χ1) is 10.7. The van der Waals surface area contributed by atoms with Crippen LogP contribution in [-0.4, -0.2) is 50.3 Å². The summed E-state index contributed by atoms with van der Waals surface area (Å²) in [4.78, 5) is 7.55. The number of nitrogens with zero attached hydrogens (tertiary/aromatic N) is 2. The Hall–Kier alpha value is -0.770. The molecule has 2 saturated heterocycles. The van der Waals surface area contributed by atoms with Crippen LogP contribution < -0.4 is 5.32 Å². The summed E-state index contributed by atoms with van der Waals surface area (Å²) in [6, 6.07) is 0. The number of ether oxygens (including phenoxy) is 1. The van der Waals surface area contributed by atoms with Gasteiger partial charge in [-0.25, -0.2) is 0 Å². The largest absolute Gasteiger partial charge is 0.381 e. The van der Waals surface area contributed by atoms with Crippen LogP contribution in [0.4, 0.5) is 0 Å². The van der Waals surface area contributed by atoms with Gasteiger partial charge in [-0.2, -0.15) is 0 Å². The van der Waals surface area contributed by atoms with Crippen molar-refractivity contribution in [2.24, 2.45) is 15.8 Å². The van der Waals surface area contributed by atoms with E-state index in [2.05, 4.69) is 24.1 Å². The Morgan fingerprint density at radius 3 is 2.64 bits per heavy atom. The zero-order chi connectivity index (χ0) is 15.5. The van der Waals surface area contributed by atoms with Crippen molar-refractivity contribution in [3.05, 3.63) is 0 Å². The zero-order valence-corrected chi connectivity index (χ0v) is 14.5. The molecule has 3 rings (SSSR count). The molecule has 1 aliphatic carbocycles. The quantitative estimate of drug-likeness (QED) is 0.641. The molecule has 0 bridgehead atoms. The van der Waals surface area contributed by atoms with Gasteiger partial charge in [0.15, 0.2) is 5.96 Å². The van der Waals surface area contributed by atoms with Gasteiger partial charge in [0.05, 0.1) is 6.61 Å². The lowest BCUT2D eigenvalue weighted by Crippen LogP contribution is -2.42. The van der Waals surface area contributed by atoms with Gasteiger partial charge in [-0.05, 0) is 44.4 Å². The van der Waals surface area contributed by atoms with Crippen molar-refractivity contribution in [1.82, 2.24) is 10.2 Å². The Morgan fingerprint density at radius 2 is 2.00 bits per heavy atom. The molecule has 1 N–H and O–H groups in total. The molecule has 22 heavy (non-hydrogen) atoms. The predicted molar refractivity (Wildman–Crippen MR) is 91.2 cm³/mol. The maximum atomic E-state index is 5.66. The van der Waals surface area contributed by atoms with Crippen molar-refractivity contribution in [3.8, 4) is 0 Å². The SMILES string of the molecule is CCNC(=NCC1(CC)CCCC1)N1CCC2(CCOC2)C1. The molecule has 1 atom stereocenters. The molecule has 1 spiro atoms. The Balaban J connectivity index is 1.65. The van der Waals surface area contributed by atoms with Gasteiger partial charge in [-0.1, -0.05) is 19.8 Å². The van der Waals surface area contributed by atoms with Gasteiger partial charge in [-0.15, -0.1) is 0 Å². The topological polar surface area (TPSA) is 36.9 Å². The van der Waals surface area contributed by atoms with E-state index in [0.717, 1.165) is 45.4 Å². The molecular formula is C18H33N3O. The second-order valence-corrected chi connectivity index (χ2v) is 7.70. The standard InChI is InChI=1S/C18H33N3O/c1-3-17(7-5-6-8-17)13-20-16(19-4-2)21-11-9-18(14-21)10-12-22-15-18/h3-15H2,1-2H3,(H,19,20). The van der Waals surface area contributed by atoms with E-state index in [0.29, 0.717) is 10.8 Å². The van der Waals surface area contributed by atoms with E-state index in [4.69, 9.17) is 9.73 Å². The molecular weight excluding hydrogens is 274 g/mol. The third-order valence-corrected chi connectivity index (χ3v) is 6.24. The summed E-state index contributed by atoms with van der Waals surface area (Å²) < 4.78 is 5.66. The summed E-state index contributed by atoms with van der Waals surface area (Å²) >= 11 is 0. The van der Waals surface area contributed by atoms with E-state index >= 15 is 0 Å². The molecule has 3 fully saturated rings. The van der Waals surface area contributed by atoms with E-state index in [1.807, 2.05) is 0 Å². The number of aliphatic imine (C=N–C) groups is 1. The third-order valence-electron chi connectivity index (χ3n) is 6.24. The second kappa shape index (κ2) is 6.77. The van der Waals surface area contributed by atoms with Crippen molar-refractivity contribution < 1.29 is 4.74 Å². The first-order valence-electron chi connectivity index (χ1n) is 9.32. The third kappa shape index (κ3) is 3.27. The molecule has 0 aromatic heterocycles. The Kier molecular flexibility index (Phi) is 4.96. The van der Waals surface area contributed by atoms with Crippen LogP contribution in [0.3, 0.4) is 0 Å². The van der Waals surface area contributed by atoms with E-state index in [9.17, 15) is 0 Å². The van der Waals surface area contributed by atoms with Crippen molar-refractivity contribution in [2.45, 2.75) is 58.8 Å². The van der Waals surface area contributed by atoms with Crippen molar-refractivity contribution >= 4 is 5.96 Å². The lowest BCUT2D eigenvalue weighted by Gasteiger charge is -2.28. The Bertz CT molecular complexity index is 395. The van der Waals surface area contributed by atoms with E-state index in [1.54, 1.807) is 0 Å². The molecule has 2 aliphatic heterocycles. The minimum absolute atomic E-state index is 0.409. The van der Waals surface area contributed by atoms with Gasteiger partial charge >= 0.3 is 0 Å². The zero-order valence-electron chi connectivity index (χ0n) is 14.5. The molecule has 1 unspecified atom stereocenters. The van der Waals surface area contributed by atoms with Crippen LogP contribution in [0.5, 0.6) is 0 Å². The molecule has 1 saturated carbocycles. The lowest BCUT2D eigenvalue weighted by molar-refractivity contribution is 0.156. The van der Waals surface area contributed by atoms with E-state index < -0.39 is 0 Å². The second-order valence-electron chi connectivity index (χ2n) is 7.70. The summed E-state index contributed by atoms with van der Waals surface area (Å²) in [6.07, 6.45) is 9.27. The summed E-state index contributed by atoms with van der Waals surface area (Å²) in [5, 5.41) is 3.53. The van der Waals surface area contributed by atoms with Gasteiger partial charge < -0.3 is 15.0 Å². The van der Waals surface area contributed by atoms with Gasteiger partial charge in [-0.3, -0.25) is 4.99 Å². The van der Waals surface area contributed by atoms with Gasteiger partial charge in [0.25, 0.3) is 0 Å². The number of likely N-dealkylation sites (tertiary alicyclic amines) is 1. The smallest absolute Gasteiger partial charge is 0.193 e. The minimum Gasteiger partial charge on any atom is -0.381 e. The van der Waals surface area contributed by atoms with Crippen LogP contribution in [0.2, 0.25) is 0 Å². The van der Waals surface area contributed by atoms with Gasteiger partial charge in [0.1, 0.15) is 0 Å². The van der Waals surface area contributed by atoms with Crippen LogP contribution in [0.25, 0.3) is 0 Å². The van der Waals surface area contributed by atoms with Gasteiger partial charge in [0, 0.05) is 38.2 Å². The summed E-state index contributed by atoms with van der Waals surface area (Å²) in [6.45, 7) is 10.6. The summed E-state index contributed by atoms with van der Waals surface area (Å²) in [5.74, 6) is 1.14. The van der Waals surface area contributed by atoms with Crippen molar-refractivity contribution in [3.63, 3.8) is 0 Å². The van der Waals surface area contributed by atoms with Crippen LogP contribution in [0.15, 0.2) is 4.99 Å². The predicted octanol–water partition coefficient (Wildman–Crippen LogP) is 3.03. The number of nitrogens with one attached hydrogen (secondary N) is 1. The maximum Gasteiger partial charge on any atom is 0.193 e. The van der Waals surface area contributed by atoms with Crippen molar-refractivity contribution in [1.29, 1.82) is 0 Å². The highest BCUT2D eigenvalue weighted by atomic mass is 16.5. The molecule has 4 nitrogen and oxygen atoms in total. The fourth-order valence-electron chi connectivity index (χ4n) is 4.50. The highest BCUT2D eigenvalue weighted by molar-refractivity contribution is 5.80. The Labute approximate surface area is 135 Å². The molecule has 0 amide bonds. The highest BCUT2D eigenvalue weighted by Crippen LogP contribution is 2.41. The molecule has 0 radical (unpaired) electrons. The Morgan fingerprint density at radius 1 is 1.18 bits per heavy atom. The average molecular weight is 307 g/mol. The normalized spacial score (nSPS) is 31.4. The lowest BCUT2D eigenvalue weighted by atomic mass is 9.83. The van der Waals surface area contributed by atoms with Crippen LogP contribution in [0.1, 0.15) is 58.8 Å². The maximum absolute atomic E-state index is 5.66. The van der Waals surface area contributed by atoms with Crippen LogP contribution >= 0.6 is 0 Å². The first kappa shape index (κ1) is 16.1.